The van der Waals surface area contributed by atoms with E-state index in [0.29, 0.717) is 10.3 Å². The molecular weight excluding hydrogens is 248 g/mol. The fraction of sp³-hybridized carbons (Fsp3) is 0.222. The lowest BCUT2D eigenvalue weighted by Crippen LogP contribution is -2.12. The number of halogens is 1. The summed E-state index contributed by atoms with van der Waals surface area (Å²) in [5.41, 5.74) is 0.755. The maximum Gasteiger partial charge on any atom is 0.343 e. The topological polar surface area (TPSA) is 63.6 Å². The van der Waals surface area contributed by atoms with E-state index >= 15 is 0 Å². The van der Waals surface area contributed by atoms with Crippen LogP contribution < -0.4 is 5.69 Å². The highest BCUT2D eigenvalue weighted by molar-refractivity contribution is 7.99. The number of aromatic amines is 1. The first-order chi connectivity index (χ1) is 7.58. The van der Waals surface area contributed by atoms with E-state index in [0.717, 1.165) is 10.5 Å². The van der Waals surface area contributed by atoms with Crippen LogP contribution in [0.3, 0.4) is 0 Å². The van der Waals surface area contributed by atoms with Gasteiger partial charge in [0.2, 0.25) is 0 Å². The number of H-pyrrole nitrogens is 1. The Morgan fingerprint density at radius 2 is 2.31 bits per heavy atom. The third-order valence-electron chi connectivity index (χ3n) is 2.06. The normalized spacial score (nSPS) is 10.7. The quantitative estimate of drug-likeness (QED) is 0.830. The largest absolute Gasteiger partial charge is 0.343 e. The minimum absolute atomic E-state index is 0.236. The van der Waals surface area contributed by atoms with E-state index < -0.39 is 0 Å². The Balaban J connectivity index is 2.37. The molecule has 0 aliphatic rings. The minimum Gasteiger partial charge on any atom is -0.273 e. The van der Waals surface area contributed by atoms with Crippen molar-refractivity contribution in [3.63, 3.8) is 0 Å². The van der Waals surface area contributed by atoms with Crippen molar-refractivity contribution in [2.24, 2.45) is 7.05 Å². The van der Waals surface area contributed by atoms with Crippen molar-refractivity contribution in [1.82, 2.24) is 19.7 Å². The summed E-state index contributed by atoms with van der Waals surface area (Å²) in [6, 6.07) is 1.75. The molecule has 0 amide bonds. The van der Waals surface area contributed by atoms with Crippen LogP contribution in [0.1, 0.15) is 5.56 Å². The first-order valence-electron chi connectivity index (χ1n) is 4.49. The molecule has 0 radical (unpaired) electrons. The Bertz CT molecular complexity index is 577. The molecule has 0 aliphatic carbocycles. The molecule has 2 aromatic heterocycles. The van der Waals surface area contributed by atoms with E-state index in [1.165, 1.54) is 16.3 Å². The molecule has 1 N–H and O–H groups in total. The highest BCUT2D eigenvalue weighted by atomic mass is 35.5. The summed E-state index contributed by atoms with van der Waals surface area (Å²) in [5, 5.41) is 7.30. The number of aromatic nitrogens is 4. The molecule has 0 atom stereocenters. The number of pyridine rings is 1. The molecule has 2 aromatic rings. The van der Waals surface area contributed by atoms with Gasteiger partial charge in [-0.1, -0.05) is 11.6 Å². The first kappa shape index (κ1) is 11.2. The molecule has 5 nitrogen and oxygen atoms in total. The van der Waals surface area contributed by atoms with Crippen LogP contribution in [0.2, 0.25) is 5.15 Å². The van der Waals surface area contributed by atoms with Gasteiger partial charge in [-0.2, -0.15) is 0 Å². The number of hydrogen-bond acceptors (Lipinski definition) is 4. The average molecular weight is 257 g/mol. The predicted octanol–water partition coefficient (Wildman–Crippen LogP) is 1.62. The Morgan fingerprint density at radius 1 is 1.56 bits per heavy atom. The van der Waals surface area contributed by atoms with Gasteiger partial charge in [0, 0.05) is 18.1 Å². The van der Waals surface area contributed by atoms with Crippen LogP contribution in [0.15, 0.2) is 27.1 Å². The van der Waals surface area contributed by atoms with Gasteiger partial charge >= 0.3 is 5.69 Å². The predicted molar refractivity (Wildman–Crippen MR) is 61.9 cm³/mol. The van der Waals surface area contributed by atoms with E-state index in [2.05, 4.69) is 15.2 Å². The molecule has 0 fully saturated rings. The molecule has 2 heterocycles. The highest BCUT2D eigenvalue weighted by Crippen LogP contribution is 2.28. The zero-order valence-electron chi connectivity index (χ0n) is 8.69. The fourth-order valence-electron chi connectivity index (χ4n) is 1.11. The third-order valence-corrected chi connectivity index (χ3v) is 3.47. The molecule has 84 valence electrons. The van der Waals surface area contributed by atoms with E-state index in [1.807, 2.05) is 6.92 Å². The molecule has 0 bridgehead atoms. The summed E-state index contributed by atoms with van der Waals surface area (Å²) in [6.07, 6.45) is 1.69. The van der Waals surface area contributed by atoms with Crippen molar-refractivity contribution in [2.75, 3.05) is 0 Å². The fourth-order valence-corrected chi connectivity index (χ4v) is 2.23. The van der Waals surface area contributed by atoms with Crippen LogP contribution in [0.4, 0.5) is 0 Å². The summed E-state index contributed by atoms with van der Waals surface area (Å²) >= 11 is 7.18. The molecule has 0 unspecified atom stereocenters. The van der Waals surface area contributed by atoms with Gasteiger partial charge in [-0.3, -0.25) is 4.57 Å². The van der Waals surface area contributed by atoms with Crippen molar-refractivity contribution < 1.29 is 0 Å². The molecule has 7 heteroatoms. The van der Waals surface area contributed by atoms with Crippen LogP contribution in [0.5, 0.6) is 0 Å². The molecule has 0 aromatic carbocycles. The standard InChI is InChI=1S/C9H9ClN4OS/c1-5-4-11-7(10)3-6(5)16-9-13-12-8(15)14(9)2/h3-4H,1-2H3,(H,12,15). The van der Waals surface area contributed by atoms with Gasteiger partial charge in [0.1, 0.15) is 5.15 Å². The van der Waals surface area contributed by atoms with Gasteiger partial charge in [0.15, 0.2) is 5.16 Å². The monoisotopic (exact) mass is 256 g/mol. The Morgan fingerprint density at radius 3 is 2.94 bits per heavy atom. The number of rotatable bonds is 2. The van der Waals surface area contributed by atoms with Gasteiger partial charge < -0.3 is 0 Å². The molecular formula is C9H9ClN4OS. The lowest BCUT2D eigenvalue weighted by atomic mass is 10.3. The molecule has 0 saturated carbocycles. The van der Waals surface area contributed by atoms with E-state index in [1.54, 1.807) is 19.3 Å². The van der Waals surface area contributed by atoms with Crippen LogP contribution in [0, 0.1) is 6.92 Å². The molecule has 0 saturated heterocycles. The van der Waals surface area contributed by atoms with Gasteiger partial charge in [-0.15, -0.1) is 5.10 Å². The lowest BCUT2D eigenvalue weighted by Gasteiger charge is -2.03. The average Bonchev–Trinajstić information content (AvgIpc) is 2.55. The Kier molecular flexibility index (Phi) is 3.02. The number of aryl methyl sites for hydroxylation is 1. The summed E-state index contributed by atoms with van der Waals surface area (Å²) in [4.78, 5) is 16.1. The van der Waals surface area contributed by atoms with E-state index in [4.69, 9.17) is 11.6 Å². The van der Waals surface area contributed by atoms with Crippen LogP contribution in [0.25, 0.3) is 0 Å². The lowest BCUT2D eigenvalue weighted by molar-refractivity contribution is 0.765. The smallest absolute Gasteiger partial charge is 0.273 e. The molecule has 16 heavy (non-hydrogen) atoms. The van der Waals surface area contributed by atoms with Crippen molar-refractivity contribution in [3.8, 4) is 0 Å². The summed E-state index contributed by atoms with van der Waals surface area (Å²) in [5.74, 6) is 0. The molecule has 0 spiro atoms. The third kappa shape index (κ3) is 2.12. The first-order valence-corrected chi connectivity index (χ1v) is 5.69. The Labute approximate surface area is 101 Å². The zero-order valence-corrected chi connectivity index (χ0v) is 10.3. The summed E-state index contributed by atoms with van der Waals surface area (Å²) in [6.45, 7) is 1.93. The van der Waals surface area contributed by atoms with Crippen molar-refractivity contribution in [3.05, 3.63) is 33.5 Å². The SMILES string of the molecule is Cc1cnc(Cl)cc1Sc1n[nH]c(=O)n1C. The van der Waals surface area contributed by atoms with Crippen molar-refractivity contribution >= 4 is 23.4 Å². The van der Waals surface area contributed by atoms with Crippen molar-refractivity contribution in [1.29, 1.82) is 0 Å². The minimum atomic E-state index is -0.236. The second kappa shape index (κ2) is 4.31. The van der Waals surface area contributed by atoms with Crippen LogP contribution >= 0.6 is 23.4 Å². The van der Waals surface area contributed by atoms with Gasteiger partial charge in [0.25, 0.3) is 0 Å². The zero-order chi connectivity index (χ0) is 11.7. The van der Waals surface area contributed by atoms with E-state index in [-0.39, 0.29) is 5.69 Å². The van der Waals surface area contributed by atoms with Gasteiger partial charge in [-0.25, -0.2) is 14.9 Å². The second-order valence-electron chi connectivity index (χ2n) is 3.24. The summed E-state index contributed by atoms with van der Waals surface area (Å²) < 4.78 is 1.44. The van der Waals surface area contributed by atoms with E-state index in [9.17, 15) is 4.79 Å². The van der Waals surface area contributed by atoms with Crippen LogP contribution in [-0.4, -0.2) is 19.7 Å². The van der Waals surface area contributed by atoms with Gasteiger partial charge in [-0.05, 0) is 30.3 Å². The Hall–Kier alpha value is -1.27. The number of nitrogens with one attached hydrogen (secondary N) is 1. The maximum atomic E-state index is 11.2. The highest BCUT2D eigenvalue weighted by Gasteiger charge is 2.09. The van der Waals surface area contributed by atoms with Gasteiger partial charge in [0.05, 0.1) is 0 Å². The van der Waals surface area contributed by atoms with Crippen LogP contribution in [-0.2, 0) is 7.05 Å². The maximum absolute atomic E-state index is 11.2. The molecule has 0 aliphatic heterocycles. The number of nitrogens with zero attached hydrogens (tertiary/aromatic N) is 3. The summed E-state index contributed by atoms with van der Waals surface area (Å²) in [7, 11) is 1.66. The second-order valence-corrected chi connectivity index (χ2v) is 4.64. The number of hydrogen-bond donors (Lipinski definition) is 1. The van der Waals surface area contributed by atoms with Crippen molar-refractivity contribution in [2.45, 2.75) is 17.0 Å². The molecule has 2 rings (SSSR count).